The van der Waals surface area contributed by atoms with Crippen LogP contribution in [-0.2, 0) is 4.79 Å². The highest BCUT2D eigenvalue weighted by Crippen LogP contribution is 2.21. The number of hydrogen-bond donors (Lipinski definition) is 1. The molecule has 0 saturated heterocycles. The van der Waals surface area contributed by atoms with Gasteiger partial charge >= 0.3 is 0 Å². The second-order valence-corrected chi connectivity index (χ2v) is 6.25. The molecule has 0 radical (unpaired) electrons. The number of nitrogens with one attached hydrogen (secondary N) is 1. The zero-order chi connectivity index (χ0) is 18.6. The summed E-state index contributed by atoms with van der Waals surface area (Å²) in [6.07, 6.45) is 1.32. The third-order valence-corrected chi connectivity index (χ3v) is 3.91. The van der Waals surface area contributed by atoms with Gasteiger partial charge in [0.15, 0.2) is 0 Å². The minimum absolute atomic E-state index is 0.112. The largest absolute Gasteiger partial charge is 0.543 e. The summed E-state index contributed by atoms with van der Waals surface area (Å²) in [5.74, 6) is -2.17. The fourth-order valence-corrected chi connectivity index (χ4v) is 2.54. The summed E-state index contributed by atoms with van der Waals surface area (Å²) in [6, 6.07) is 11.4. The van der Waals surface area contributed by atoms with Crippen LogP contribution in [-0.4, -0.2) is 26.0 Å². The second kappa shape index (κ2) is 8.05. The van der Waals surface area contributed by atoms with Crippen molar-refractivity contribution in [1.29, 1.82) is 0 Å². The average Bonchev–Trinajstić information content (AvgIpc) is 2.54. The summed E-state index contributed by atoms with van der Waals surface area (Å²) in [6.45, 7) is 0. The molecule has 0 heterocycles. The summed E-state index contributed by atoms with van der Waals surface area (Å²) in [7, 11) is 3.79. The summed E-state index contributed by atoms with van der Waals surface area (Å²) in [4.78, 5) is 25.5. The van der Waals surface area contributed by atoms with Gasteiger partial charge in [0.1, 0.15) is 0 Å². The lowest BCUT2D eigenvalue weighted by Crippen LogP contribution is -2.35. The van der Waals surface area contributed by atoms with Crippen molar-refractivity contribution in [2.24, 2.45) is 0 Å². The van der Waals surface area contributed by atoms with Crippen molar-refractivity contribution in [3.8, 4) is 0 Å². The molecule has 0 aliphatic heterocycles. The number of aliphatic carboxylic acids is 1. The maximum Gasteiger partial charge on any atom is 0.257 e. The van der Waals surface area contributed by atoms with Crippen LogP contribution in [0.4, 0.5) is 5.69 Å². The van der Waals surface area contributed by atoms with Gasteiger partial charge in [-0.1, -0.05) is 35.3 Å². The van der Waals surface area contributed by atoms with Gasteiger partial charge in [0.2, 0.25) is 0 Å². The molecule has 1 N–H and O–H groups in total. The van der Waals surface area contributed by atoms with Gasteiger partial charge in [-0.25, -0.2) is 0 Å². The van der Waals surface area contributed by atoms with Crippen LogP contribution in [0.3, 0.4) is 0 Å². The van der Waals surface area contributed by atoms with Crippen LogP contribution in [0.1, 0.15) is 15.9 Å². The Hall–Kier alpha value is -2.50. The first-order valence-corrected chi connectivity index (χ1v) is 8.00. The van der Waals surface area contributed by atoms with Gasteiger partial charge in [0.25, 0.3) is 5.91 Å². The van der Waals surface area contributed by atoms with Crippen molar-refractivity contribution < 1.29 is 14.7 Å². The van der Waals surface area contributed by atoms with Crippen molar-refractivity contribution in [2.45, 2.75) is 0 Å². The number of benzene rings is 2. The molecule has 0 atom stereocenters. The van der Waals surface area contributed by atoms with E-state index in [0.29, 0.717) is 10.6 Å². The van der Waals surface area contributed by atoms with Crippen LogP contribution in [0.15, 0.2) is 48.2 Å². The Labute approximate surface area is 155 Å². The Morgan fingerprint density at radius 2 is 1.72 bits per heavy atom. The number of carbonyl (C=O) groups is 2. The Bertz CT molecular complexity index is 831. The molecule has 0 aromatic heterocycles. The van der Waals surface area contributed by atoms with E-state index in [4.69, 9.17) is 23.2 Å². The van der Waals surface area contributed by atoms with Crippen LogP contribution < -0.4 is 15.3 Å². The highest BCUT2D eigenvalue weighted by atomic mass is 35.5. The molecule has 5 nitrogen and oxygen atoms in total. The Morgan fingerprint density at radius 1 is 1.08 bits per heavy atom. The molecule has 0 unspecified atom stereocenters. The zero-order valence-electron chi connectivity index (χ0n) is 13.5. The molecule has 0 spiro atoms. The smallest absolute Gasteiger partial charge is 0.257 e. The van der Waals surface area contributed by atoms with Crippen molar-refractivity contribution in [3.63, 3.8) is 0 Å². The lowest BCUT2D eigenvalue weighted by atomic mass is 10.1. The first kappa shape index (κ1) is 18.8. The average molecular weight is 378 g/mol. The first-order valence-electron chi connectivity index (χ1n) is 7.25. The molecule has 0 saturated carbocycles. The molecule has 0 aliphatic rings. The predicted octanol–water partition coefficient (Wildman–Crippen LogP) is 2.58. The predicted molar refractivity (Wildman–Crippen MR) is 97.7 cm³/mol. The molecule has 0 fully saturated rings. The van der Waals surface area contributed by atoms with Gasteiger partial charge < -0.3 is 20.1 Å². The number of carboxylic acids is 1. The van der Waals surface area contributed by atoms with Gasteiger partial charge in [0.05, 0.1) is 22.3 Å². The van der Waals surface area contributed by atoms with E-state index in [1.54, 1.807) is 12.1 Å². The van der Waals surface area contributed by atoms with Gasteiger partial charge in [0, 0.05) is 24.8 Å². The van der Waals surface area contributed by atoms with E-state index in [-0.39, 0.29) is 16.3 Å². The minimum atomic E-state index is -1.50. The minimum Gasteiger partial charge on any atom is -0.543 e. The summed E-state index contributed by atoms with van der Waals surface area (Å²) in [5.41, 5.74) is 1.31. The normalized spacial score (nSPS) is 11.1. The molecule has 2 aromatic carbocycles. The monoisotopic (exact) mass is 377 g/mol. The van der Waals surface area contributed by atoms with Gasteiger partial charge in [-0.2, -0.15) is 0 Å². The van der Waals surface area contributed by atoms with Crippen LogP contribution >= 0.6 is 23.2 Å². The number of rotatable bonds is 5. The highest BCUT2D eigenvalue weighted by molar-refractivity contribution is 6.36. The van der Waals surface area contributed by atoms with E-state index in [1.807, 2.05) is 31.1 Å². The zero-order valence-corrected chi connectivity index (χ0v) is 15.1. The number of nitrogens with zero attached hydrogens (tertiary/aromatic N) is 1. The van der Waals surface area contributed by atoms with Crippen LogP contribution in [0.25, 0.3) is 6.08 Å². The molecule has 0 aliphatic carbocycles. The number of carbonyl (C=O) groups excluding carboxylic acids is 2. The van der Waals surface area contributed by atoms with Crippen LogP contribution in [0.2, 0.25) is 10.0 Å². The fourth-order valence-electron chi connectivity index (χ4n) is 2.04. The number of halogens is 2. The van der Waals surface area contributed by atoms with Crippen molar-refractivity contribution in [2.75, 3.05) is 19.0 Å². The first-order chi connectivity index (χ1) is 11.8. The molecule has 7 heteroatoms. The van der Waals surface area contributed by atoms with Gasteiger partial charge in [-0.3, -0.25) is 4.79 Å². The maximum atomic E-state index is 12.2. The lowest BCUT2D eigenvalue weighted by Gasteiger charge is -2.14. The van der Waals surface area contributed by atoms with Crippen LogP contribution in [0, 0.1) is 0 Å². The Morgan fingerprint density at radius 3 is 2.24 bits per heavy atom. The topological polar surface area (TPSA) is 72.5 Å². The molecule has 2 aromatic rings. The maximum absolute atomic E-state index is 12.2. The molecule has 25 heavy (non-hydrogen) atoms. The molecule has 130 valence electrons. The highest BCUT2D eigenvalue weighted by Gasteiger charge is 2.13. The SMILES string of the molecule is CN(C)c1ccc(/C=C(/NC(=O)c2ccc(Cl)cc2Cl)C(=O)[O-])cc1. The molecular formula is C18H15Cl2N2O3-. The summed E-state index contributed by atoms with van der Waals surface area (Å²) >= 11 is 11.7. The third kappa shape index (κ3) is 4.98. The standard InChI is InChI=1S/C18H16Cl2N2O3/c1-22(2)13-6-3-11(4-7-13)9-16(18(24)25)21-17(23)14-8-5-12(19)10-15(14)20/h3-10H,1-2H3,(H,21,23)(H,24,25)/p-1/b16-9+. The number of hydrogen-bond acceptors (Lipinski definition) is 4. The number of anilines is 1. The second-order valence-electron chi connectivity index (χ2n) is 5.41. The van der Waals surface area contributed by atoms with E-state index in [9.17, 15) is 14.7 Å². The molecular weight excluding hydrogens is 363 g/mol. The number of carboxylic acid groups (broad SMARTS) is 1. The number of amides is 1. The molecule has 0 bridgehead atoms. The van der Waals surface area contributed by atoms with E-state index in [2.05, 4.69) is 5.32 Å². The van der Waals surface area contributed by atoms with E-state index < -0.39 is 11.9 Å². The van der Waals surface area contributed by atoms with Crippen LogP contribution in [0.5, 0.6) is 0 Å². The summed E-state index contributed by atoms with van der Waals surface area (Å²) < 4.78 is 0. The molecule has 1 amide bonds. The fraction of sp³-hybridized carbons (Fsp3) is 0.111. The summed E-state index contributed by atoms with van der Waals surface area (Å²) in [5, 5.41) is 14.1. The van der Waals surface area contributed by atoms with E-state index >= 15 is 0 Å². The van der Waals surface area contributed by atoms with Gasteiger partial charge in [-0.15, -0.1) is 0 Å². The van der Waals surface area contributed by atoms with E-state index in [1.165, 1.54) is 24.3 Å². The Kier molecular flexibility index (Phi) is 6.07. The lowest BCUT2D eigenvalue weighted by molar-refractivity contribution is -0.299. The third-order valence-electron chi connectivity index (χ3n) is 3.36. The van der Waals surface area contributed by atoms with Crippen molar-refractivity contribution in [1.82, 2.24) is 5.32 Å². The van der Waals surface area contributed by atoms with Crippen molar-refractivity contribution in [3.05, 3.63) is 69.3 Å². The van der Waals surface area contributed by atoms with Gasteiger partial charge in [-0.05, 0) is 42.0 Å². The Balaban J connectivity index is 2.25. The van der Waals surface area contributed by atoms with Crippen molar-refractivity contribution >= 4 is 46.8 Å². The quantitative estimate of drug-likeness (QED) is 0.812. The van der Waals surface area contributed by atoms with E-state index in [0.717, 1.165) is 5.69 Å². The molecule has 2 rings (SSSR count).